The van der Waals surface area contributed by atoms with Crippen molar-refractivity contribution in [1.29, 1.82) is 0 Å². The van der Waals surface area contributed by atoms with Crippen molar-refractivity contribution in [1.82, 2.24) is 10.2 Å². The maximum Gasteiger partial charge on any atom is 0.0877 e. The van der Waals surface area contributed by atoms with E-state index in [4.69, 9.17) is 15.9 Å². The average Bonchev–Trinajstić information content (AvgIpc) is 2.37. The molecular formula is C6H11N3O2. The van der Waals surface area contributed by atoms with Crippen LogP contribution in [0.3, 0.4) is 0 Å². The molecule has 1 aromatic rings. The van der Waals surface area contributed by atoms with Gasteiger partial charge in [-0.25, -0.2) is 0 Å². The quantitative estimate of drug-likeness (QED) is 0.447. The van der Waals surface area contributed by atoms with Crippen LogP contribution in [0.15, 0.2) is 6.20 Å². The highest BCUT2D eigenvalue weighted by molar-refractivity contribution is 5.40. The summed E-state index contributed by atoms with van der Waals surface area (Å²) in [6, 6.07) is 0. The van der Waals surface area contributed by atoms with Crippen LogP contribution in [0.1, 0.15) is 5.69 Å². The van der Waals surface area contributed by atoms with Gasteiger partial charge in [0, 0.05) is 12.6 Å². The molecule has 0 fully saturated rings. The topological polar surface area (TPSA) is 95.2 Å². The normalized spacial score (nSPS) is 13.3. The first-order valence-corrected chi connectivity index (χ1v) is 3.31. The van der Waals surface area contributed by atoms with Crippen molar-refractivity contribution in [2.24, 2.45) is 0 Å². The van der Waals surface area contributed by atoms with Crippen molar-refractivity contribution in [3.05, 3.63) is 11.9 Å². The van der Waals surface area contributed by atoms with Gasteiger partial charge in [-0.2, -0.15) is 5.10 Å². The fraction of sp³-hybridized carbons (Fsp3) is 0.500. The van der Waals surface area contributed by atoms with Gasteiger partial charge in [0.15, 0.2) is 0 Å². The molecule has 0 unspecified atom stereocenters. The minimum absolute atomic E-state index is 0.272. The molecule has 5 heteroatoms. The summed E-state index contributed by atoms with van der Waals surface area (Å²) in [6.45, 7) is -0.272. The minimum Gasteiger partial charge on any atom is -0.396 e. The van der Waals surface area contributed by atoms with Gasteiger partial charge < -0.3 is 15.9 Å². The first-order valence-electron chi connectivity index (χ1n) is 3.31. The predicted molar refractivity (Wildman–Crippen MR) is 39.8 cm³/mol. The van der Waals surface area contributed by atoms with Gasteiger partial charge in [-0.1, -0.05) is 0 Å². The van der Waals surface area contributed by atoms with Crippen LogP contribution in [0.2, 0.25) is 0 Å². The Labute approximate surface area is 63.9 Å². The maximum absolute atomic E-state index is 8.99. The number of anilines is 1. The van der Waals surface area contributed by atoms with Crippen molar-refractivity contribution in [2.45, 2.75) is 12.5 Å². The lowest BCUT2D eigenvalue weighted by Crippen LogP contribution is -2.16. The number of aliphatic hydroxyl groups excluding tert-OH is 2. The van der Waals surface area contributed by atoms with Gasteiger partial charge in [-0.05, 0) is 0 Å². The summed E-state index contributed by atoms with van der Waals surface area (Å²) in [6.07, 6.45) is 1.05. The van der Waals surface area contributed by atoms with Crippen molar-refractivity contribution in [2.75, 3.05) is 12.3 Å². The Bertz CT molecular complexity index is 223. The number of nitrogens with two attached hydrogens (primary N) is 1. The molecule has 0 amide bonds. The lowest BCUT2D eigenvalue weighted by atomic mass is 10.2. The zero-order valence-electron chi connectivity index (χ0n) is 5.99. The SMILES string of the molecule is Nc1c[nH]nc1C[C@H](O)CO. The largest absolute Gasteiger partial charge is 0.396 e. The fourth-order valence-corrected chi connectivity index (χ4v) is 0.779. The third kappa shape index (κ3) is 1.92. The third-order valence-electron chi connectivity index (χ3n) is 1.39. The van der Waals surface area contributed by atoms with Gasteiger partial charge in [0.05, 0.1) is 24.1 Å². The van der Waals surface area contributed by atoms with E-state index in [1.54, 1.807) is 6.20 Å². The minimum atomic E-state index is -0.777. The summed E-state index contributed by atoms with van der Waals surface area (Å²) >= 11 is 0. The molecule has 1 atom stereocenters. The second kappa shape index (κ2) is 3.36. The molecule has 5 nitrogen and oxygen atoms in total. The number of aromatic nitrogens is 2. The molecule has 1 heterocycles. The Kier molecular flexibility index (Phi) is 2.45. The molecule has 62 valence electrons. The summed E-state index contributed by atoms with van der Waals surface area (Å²) in [4.78, 5) is 0. The van der Waals surface area contributed by atoms with Crippen molar-refractivity contribution in [3.63, 3.8) is 0 Å². The number of hydrogen-bond acceptors (Lipinski definition) is 4. The first-order chi connectivity index (χ1) is 5.24. The first kappa shape index (κ1) is 8.03. The third-order valence-corrected chi connectivity index (χ3v) is 1.39. The van der Waals surface area contributed by atoms with E-state index in [0.29, 0.717) is 11.4 Å². The van der Waals surface area contributed by atoms with E-state index in [0.717, 1.165) is 0 Å². The van der Waals surface area contributed by atoms with Crippen LogP contribution in [0, 0.1) is 0 Å². The smallest absolute Gasteiger partial charge is 0.0877 e. The van der Waals surface area contributed by atoms with Gasteiger partial charge in [0.1, 0.15) is 0 Å². The number of nitrogens with zero attached hydrogens (tertiary/aromatic N) is 1. The molecule has 5 N–H and O–H groups in total. The van der Waals surface area contributed by atoms with Crippen LogP contribution >= 0.6 is 0 Å². The standard InChI is InChI=1S/C6H11N3O2/c7-5-2-8-9-6(5)1-4(11)3-10/h2,4,10-11H,1,3,7H2,(H,8,9)/t4-/m0/s1. The number of aromatic amines is 1. The molecule has 0 aromatic carbocycles. The predicted octanol–water partition coefficient (Wildman–Crippen LogP) is -1.11. The van der Waals surface area contributed by atoms with E-state index < -0.39 is 6.10 Å². The van der Waals surface area contributed by atoms with Gasteiger partial charge in [0.25, 0.3) is 0 Å². The van der Waals surface area contributed by atoms with Crippen LogP contribution in [-0.2, 0) is 6.42 Å². The molecular weight excluding hydrogens is 146 g/mol. The molecule has 0 radical (unpaired) electrons. The molecule has 0 aliphatic heterocycles. The van der Waals surface area contributed by atoms with E-state index >= 15 is 0 Å². The van der Waals surface area contributed by atoms with Crippen LogP contribution in [0.25, 0.3) is 0 Å². The highest BCUT2D eigenvalue weighted by atomic mass is 16.3. The van der Waals surface area contributed by atoms with Gasteiger partial charge >= 0.3 is 0 Å². The van der Waals surface area contributed by atoms with E-state index in [1.165, 1.54) is 0 Å². The highest BCUT2D eigenvalue weighted by Gasteiger charge is 2.08. The molecule has 0 aliphatic rings. The number of nitrogen functional groups attached to an aromatic ring is 1. The van der Waals surface area contributed by atoms with Gasteiger partial charge in [-0.15, -0.1) is 0 Å². The molecule has 0 saturated heterocycles. The summed E-state index contributed by atoms with van der Waals surface area (Å²) in [7, 11) is 0. The monoisotopic (exact) mass is 157 g/mol. The molecule has 0 aliphatic carbocycles. The summed E-state index contributed by atoms with van der Waals surface area (Å²) in [5.41, 5.74) is 6.56. The van der Waals surface area contributed by atoms with Crippen molar-refractivity contribution >= 4 is 5.69 Å². The fourth-order valence-electron chi connectivity index (χ4n) is 0.779. The molecule has 1 rings (SSSR count). The Balaban J connectivity index is 2.56. The number of hydrogen-bond donors (Lipinski definition) is 4. The van der Waals surface area contributed by atoms with E-state index in [2.05, 4.69) is 10.2 Å². The Morgan fingerprint density at radius 3 is 2.91 bits per heavy atom. The Morgan fingerprint density at radius 1 is 1.73 bits per heavy atom. The van der Waals surface area contributed by atoms with Crippen molar-refractivity contribution in [3.8, 4) is 0 Å². The Morgan fingerprint density at radius 2 is 2.45 bits per heavy atom. The molecule has 1 aromatic heterocycles. The zero-order chi connectivity index (χ0) is 8.27. The highest BCUT2D eigenvalue weighted by Crippen LogP contribution is 2.08. The number of rotatable bonds is 3. The van der Waals surface area contributed by atoms with Crippen LogP contribution < -0.4 is 5.73 Å². The lowest BCUT2D eigenvalue weighted by molar-refractivity contribution is 0.0948. The van der Waals surface area contributed by atoms with Gasteiger partial charge in [0.2, 0.25) is 0 Å². The summed E-state index contributed by atoms with van der Waals surface area (Å²) in [5.74, 6) is 0. The number of nitrogens with one attached hydrogen (secondary N) is 1. The zero-order valence-corrected chi connectivity index (χ0v) is 5.99. The van der Waals surface area contributed by atoms with E-state index in [-0.39, 0.29) is 13.0 Å². The molecule has 0 spiro atoms. The Hall–Kier alpha value is -1.07. The second-order valence-electron chi connectivity index (χ2n) is 2.33. The summed E-state index contributed by atoms with van der Waals surface area (Å²) in [5, 5.41) is 23.8. The molecule has 0 saturated carbocycles. The number of aliphatic hydroxyl groups is 2. The molecule has 11 heavy (non-hydrogen) atoms. The maximum atomic E-state index is 8.99. The number of H-pyrrole nitrogens is 1. The lowest BCUT2D eigenvalue weighted by Gasteiger charge is -2.03. The van der Waals surface area contributed by atoms with E-state index in [1.807, 2.05) is 0 Å². The van der Waals surface area contributed by atoms with Crippen LogP contribution in [0.4, 0.5) is 5.69 Å². The summed E-state index contributed by atoms with van der Waals surface area (Å²) < 4.78 is 0. The van der Waals surface area contributed by atoms with Crippen molar-refractivity contribution < 1.29 is 10.2 Å². The second-order valence-corrected chi connectivity index (χ2v) is 2.33. The van der Waals surface area contributed by atoms with E-state index in [9.17, 15) is 0 Å². The van der Waals surface area contributed by atoms with Gasteiger partial charge in [-0.3, -0.25) is 5.10 Å². The molecule has 0 bridgehead atoms. The van der Waals surface area contributed by atoms with Crippen LogP contribution in [-0.4, -0.2) is 33.1 Å². The van der Waals surface area contributed by atoms with Crippen LogP contribution in [0.5, 0.6) is 0 Å². The average molecular weight is 157 g/mol.